The van der Waals surface area contributed by atoms with Gasteiger partial charge in [0, 0.05) is 6.54 Å². The van der Waals surface area contributed by atoms with Gasteiger partial charge in [0.05, 0.1) is 32.1 Å². The molecule has 1 amide bonds. The third kappa shape index (κ3) is 3.33. The summed E-state index contributed by atoms with van der Waals surface area (Å²) in [6.07, 6.45) is 3.64. The van der Waals surface area contributed by atoms with Gasteiger partial charge in [-0.2, -0.15) is 5.10 Å². The quantitative estimate of drug-likeness (QED) is 0.677. The highest BCUT2D eigenvalue weighted by atomic mass is 16.5. The first kappa shape index (κ1) is 18.1. The summed E-state index contributed by atoms with van der Waals surface area (Å²) in [5.41, 5.74) is 2.33. The normalized spacial score (nSPS) is 16.2. The standard InChI is InChI=1S/C22H23N3O3/c1-27-18-12-10-16(11-13-18)19-9-6-14-24(19)22(26)21-20(28-2)15-25(23-21)17-7-4-3-5-8-17/h3-5,7-8,10-13,15,19H,6,9,14H2,1-2H3. The van der Waals surface area contributed by atoms with E-state index in [0.29, 0.717) is 18.0 Å². The van der Waals surface area contributed by atoms with Crippen molar-refractivity contribution in [3.8, 4) is 17.2 Å². The minimum absolute atomic E-state index is 0.0324. The molecule has 0 N–H and O–H groups in total. The summed E-state index contributed by atoms with van der Waals surface area (Å²) in [7, 11) is 3.21. The lowest BCUT2D eigenvalue weighted by atomic mass is 10.0. The van der Waals surface area contributed by atoms with Crippen LogP contribution in [0.2, 0.25) is 0 Å². The van der Waals surface area contributed by atoms with Crippen molar-refractivity contribution in [3.63, 3.8) is 0 Å². The molecule has 3 aromatic rings. The Bertz CT molecular complexity index is 951. The fraction of sp³-hybridized carbons (Fsp3) is 0.273. The fourth-order valence-corrected chi connectivity index (χ4v) is 3.69. The molecule has 2 heterocycles. The molecule has 144 valence electrons. The van der Waals surface area contributed by atoms with Gasteiger partial charge in [-0.25, -0.2) is 4.68 Å². The van der Waals surface area contributed by atoms with Crippen LogP contribution in [-0.2, 0) is 0 Å². The first-order chi connectivity index (χ1) is 13.7. The predicted octanol–water partition coefficient (Wildman–Crippen LogP) is 3.87. The van der Waals surface area contributed by atoms with E-state index < -0.39 is 0 Å². The molecule has 6 nitrogen and oxygen atoms in total. The number of carbonyl (C=O) groups is 1. The summed E-state index contributed by atoms with van der Waals surface area (Å²) in [5, 5.41) is 4.53. The van der Waals surface area contributed by atoms with Crippen LogP contribution < -0.4 is 9.47 Å². The van der Waals surface area contributed by atoms with Crippen LogP contribution in [0, 0.1) is 0 Å². The average molecular weight is 377 g/mol. The number of aromatic nitrogens is 2. The maximum atomic E-state index is 13.3. The highest BCUT2D eigenvalue weighted by Gasteiger charge is 2.33. The van der Waals surface area contributed by atoms with Crippen molar-refractivity contribution in [2.75, 3.05) is 20.8 Å². The number of carbonyl (C=O) groups excluding carboxylic acids is 1. The molecule has 1 saturated heterocycles. The van der Waals surface area contributed by atoms with Gasteiger partial charge in [-0.3, -0.25) is 4.79 Å². The smallest absolute Gasteiger partial charge is 0.278 e. The molecule has 1 atom stereocenters. The monoisotopic (exact) mass is 377 g/mol. The first-order valence-electron chi connectivity index (χ1n) is 9.35. The summed E-state index contributed by atoms with van der Waals surface area (Å²) >= 11 is 0. The third-order valence-electron chi connectivity index (χ3n) is 5.14. The van der Waals surface area contributed by atoms with E-state index in [4.69, 9.17) is 9.47 Å². The number of nitrogens with zero attached hydrogens (tertiary/aromatic N) is 3. The number of hydrogen-bond acceptors (Lipinski definition) is 4. The van der Waals surface area contributed by atoms with Crippen molar-refractivity contribution in [2.45, 2.75) is 18.9 Å². The highest BCUT2D eigenvalue weighted by molar-refractivity contribution is 5.95. The Labute approximate surface area is 164 Å². The molecular weight excluding hydrogens is 354 g/mol. The largest absolute Gasteiger partial charge is 0.497 e. The zero-order valence-electron chi connectivity index (χ0n) is 16.0. The van der Waals surface area contributed by atoms with Gasteiger partial charge < -0.3 is 14.4 Å². The number of ether oxygens (including phenoxy) is 2. The first-order valence-corrected chi connectivity index (χ1v) is 9.35. The Balaban J connectivity index is 1.63. The number of hydrogen-bond donors (Lipinski definition) is 0. The number of para-hydroxylation sites is 1. The molecule has 0 saturated carbocycles. The van der Waals surface area contributed by atoms with Gasteiger partial charge in [-0.1, -0.05) is 30.3 Å². The Morgan fingerprint density at radius 3 is 2.46 bits per heavy atom. The Morgan fingerprint density at radius 2 is 1.79 bits per heavy atom. The van der Waals surface area contributed by atoms with E-state index in [0.717, 1.165) is 29.8 Å². The van der Waals surface area contributed by atoms with E-state index in [-0.39, 0.29) is 11.9 Å². The van der Waals surface area contributed by atoms with Crippen molar-refractivity contribution in [1.29, 1.82) is 0 Å². The number of amides is 1. The van der Waals surface area contributed by atoms with Crippen LogP contribution in [0.5, 0.6) is 11.5 Å². The summed E-state index contributed by atoms with van der Waals surface area (Å²) < 4.78 is 12.4. The molecule has 0 radical (unpaired) electrons. The second-order valence-corrected chi connectivity index (χ2v) is 6.76. The lowest BCUT2D eigenvalue weighted by Crippen LogP contribution is -2.31. The molecule has 0 bridgehead atoms. The highest BCUT2D eigenvalue weighted by Crippen LogP contribution is 2.35. The second kappa shape index (κ2) is 7.76. The summed E-state index contributed by atoms with van der Waals surface area (Å²) in [6.45, 7) is 0.705. The number of likely N-dealkylation sites (tertiary alicyclic amines) is 1. The molecule has 1 aromatic heterocycles. The van der Waals surface area contributed by atoms with Gasteiger partial charge in [0.1, 0.15) is 5.75 Å². The molecule has 1 unspecified atom stereocenters. The molecule has 2 aromatic carbocycles. The van der Waals surface area contributed by atoms with Crippen molar-refractivity contribution in [3.05, 3.63) is 72.1 Å². The average Bonchev–Trinajstić information content (AvgIpc) is 3.41. The van der Waals surface area contributed by atoms with Gasteiger partial charge in [0.2, 0.25) is 0 Å². The van der Waals surface area contributed by atoms with Gasteiger partial charge >= 0.3 is 0 Å². The number of benzene rings is 2. The summed E-state index contributed by atoms with van der Waals surface area (Å²) in [5.74, 6) is 1.18. The van der Waals surface area contributed by atoms with Crippen molar-refractivity contribution < 1.29 is 14.3 Å². The minimum Gasteiger partial charge on any atom is -0.497 e. The van der Waals surface area contributed by atoms with Gasteiger partial charge in [-0.05, 0) is 42.7 Å². The zero-order valence-corrected chi connectivity index (χ0v) is 16.0. The number of rotatable bonds is 5. The molecule has 0 aliphatic carbocycles. The maximum absolute atomic E-state index is 13.3. The zero-order chi connectivity index (χ0) is 19.5. The second-order valence-electron chi connectivity index (χ2n) is 6.76. The lowest BCUT2D eigenvalue weighted by molar-refractivity contribution is 0.0726. The molecule has 6 heteroatoms. The molecule has 28 heavy (non-hydrogen) atoms. The molecule has 4 rings (SSSR count). The molecular formula is C22H23N3O3. The lowest BCUT2D eigenvalue weighted by Gasteiger charge is -2.24. The van der Waals surface area contributed by atoms with E-state index in [2.05, 4.69) is 5.10 Å². The fourth-order valence-electron chi connectivity index (χ4n) is 3.69. The molecule has 1 aliphatic rings. The SMILES string of the molecule is COc1ccc(C2CCCN2C(=O)c2nn(-c3ccccc3)cc2OC)cc1. The van der Waals surface area contributed by atoms with Crippen LogP contribution in [0.4, 0.5) is 0 Å². The third-order valence-corrected chi connectivity index (χ3v) is 5.14. The van der Waals surface area contributed by atoms with Crippen molar-refractivity contribution in [1.82, 2.24) is 14.7 Å². The van der Waals surface area contributed by atoms with Crippen LogP contribution in [0.1, 0.15) is 34.9 Å². The van der Waals surface area contributed by atoms with Gasteiger partial charge in [-0.15, -0.1) is 0 Å². The van der Waals surface area contributed by atoms with Crippen LogP contribution >= 0.6 is 0 Å². The molecule has 1 aliphatic heterocycles. The van der Waals surface area contributed by atoms with E-state index >= 15 is 0 Å². The van der Waals surface area contributed by atoms with Crippen molar-refractivity contribution >= 4 is 5.91 Å². The maximum Gasteiger partial charge on any atom is 0.278 e. The minimum atomic E-state index is -0.107. The van der Waals surface area contributed by atoms with E-state index in [1.54, 1.807) is 25.1 Å². The van der Waals surface area contributed by atoms with E-state index in [9.17, 15) is 4.79 Å². The Morgan fingerprint density at radius 1 is 1.04 bits per heavy atom. The summed E-state index contributed by atoms with van der Waals surface area (Å²) in [6, 6.07) is 17.6. The van der Waals surface area contributed by atoms with Crippen LogP contribution in [0.15, 0.2) is 60.8 Å². The van der Waals surface area contributed by atoms with E-state index in [1.165, 1.54) is 0 Å². The van der Waals surface area contributed by atoms with Crippen LogP contribution in [-0.4, -0.2) is 41.4 Å². The van der Waals surface area contributed by atoms with Crippen LogP contribution in [0.25, 0.3) is 5.69 Å². The predicted molar refractivity (Wildman–Crippen MR) is 106 cm³/mol. The summed E-state index contributed by atoms with van der Waals surface area (Å²) in [4.78, 5) is 15.2. The molecule has 0 spiro atoms. The molecule has 1 fully saturated rings. The topological polar surface area (TPSA) is 56.6 Å². The van der Waals surface area contributed by atoms with Gasteiger partial charge in [0.15, 0.2) is 11.4 Å². The number of methoxy groups -OCH3 is 2. The Hall–Kier alpha value is -3.28. The van der Waals surface area contributed by atoms with Gasteiger partial charge in [0.25, 0.3) is 5.91 Å². The van der Waals surface area contributed by atoms with Crippen LogP contribution in [0.3, 0.4) is 0 Å². The van der Waals surface area contributed by atoms with E-state index in [1.807, 2.05) is 59.5 Å². The Kier molecular flexibility index (Phi) is 5.02. The van der Waals surface area contributed by atoms with Crippen molar-refractivity contribution in [2.24, 2.45) is 0 Å².